The van der Waals surface area contributed by atoms with E-state index in [1.54, 1.807) is 12.1 Å². The molecule has 0 N–H and O–H groups in total. The van der Waals surface area contributed by atoms with E-state index in [1.807, 2.05) is 12.1 Å². The lowest BCUT2D eigenvalue weighted by Gasteiger charge is -2.24. The Balaban J connectivity index is 3.08. The zero-order valence-electron chi connectivity index (χ0n) is 10.3. The first-order valence-corrected chi connectivity index (χ1v) is 8.18. The second kappa shape index (κ2) is 6.78. The molecule has 6 nitrogen and oxygen atoms in total. The molecule has 0 radical (unpaired) electrons. The fourth-order valence-corrected chi connectivity index (χ4v) is 3.20. The van der Waals surface area contributed by atoms with E-state index in [2.05, 4.69) is 39.2 Å². The summed E-state index contributed by atoms with van der Waals surface area (Å²) in [6.45, 7) is 3.90. The minimum atomic E-state index is -3.43. The van der Waals surface area contributed by atoms with E-state index in [9.17, 15) is 8.42 Å². The second-order valence-corrected chi connectivity index (χ2v) is 6.93. The highest BCUT2D eigenvalue weighted by molar-refractivity contribution is 14.1. The fraction of sp³-hybridized carbons (Fsp3) is 0.273. The van der Waals surface area contributed by atoms with Gasteiger partial charge < -0.3 is 0 Å². The van der Waals surface area contributed by atoms with Crippen LogP contribution < -0.4 is 4.31 Å². The SMILES string of the molecule is C=C(CN=[N+]=[N-])CN(c1ccccc1I)S(C)(=O)=O. The molecule has 0 aliphatic carbocycles. The molecule has 0 aromatic heterocycles. The van der Waals surface area contributed by atoms with Gasteiger partial charge in [-0.05, 0) is 40.3 Å². The van der Waals surface area contributed by atoms with Crippen LogP contribution in [0.1, 0.15) is 0 Å². The first-order chi connectivity index (χ1) is 8.86. The highest BCUT2D eigenvalue weighted by atomic mass is 127. The van der Waals surface area contributed by atoms with Crippen molar-refractivity contribution in [2.75, 3.05) is 23.7 Å². The number of halogens is 1. The Hall–Kier alpha value is -1.25. The summed E-state index contributed by atoms with van der Waals surface area (Å²) < 4.78 is 25.8. The molecule has 0 atom stereocenters. The number of nitrogens with zero attached hydrogens (tertiary/aromatic N) is 4. The molecule has 0 heterocycles. The molecule has 102 valence electrons. The maximum absolute atomic E-state index is 11.9. The molecule has 0 bridgehead atoms. The van der Waals surface area contributed by atoms with Crippen LogP contribution in [0.5, 0.6) is 0 Å². The zero-order chi connectivity index (χ0) is 14.5. The molecule has 0 saturated carbocycles. The predicted octanol–water partition coefficient (Wildman–Crippen LogP) is 2.92. The van der Waals surface area contributed by atoms with Gasteiger partial charge in [0.05, 0.1) is 18.5 Å². The number of anilines is 1. The fourth-order valence-electron chi connectivity index (χ4n) is 1.42. The molecule has 0 fully saturated rings. The second-order valence-electron chi connectivity index (χ2n) is 3.86. The number of benzene rings is 1. The van der Waals surface area contributed by atoms with E-state index in [0.29, 0.717) is 11.3 Å². The number of azide groups is 1. The Morgan fingerprint density at radius 2 is 2.16 bits per heavy atom. The Labute approximate surface area is 125 Å². The van der Waals surface area contributed by atoms with Gasteiger partial charge >= 0.3 is 0 Å². The van der Waals surface area contributed by atoms with Gasteiger partial charge in [0.2, 0.25) is 10.0 Å². The first-order valence-electron chi connectivity index (χ1n) is 5.26. The number of sulfonamides is 1. The summed E-state index contributed by atoms with van der Waals surface area (Å²) in [5.74, 6) is 0. The van der Waals surface area contributed by atoms with Gasteiger partial charge in [-0.3, -0.25) is 4.31 Å². The molecule has 0 amide bonds. The van der Waals surface area contributed by atoms with Crippen molar-refractivity contribution in [1.29, 1.82) is 0 Å². The molecule has 1 aromatic carbocycles. The lowest BCUT2D eigenvalue weighted by atomic mass is 10.2. The molecule has 0 saturated heterocycles. The molecule has 1 aromatic rings. The van der Waals surface area contributed by atoms with Crippen molar-refractivity contribution in [1.82, 2.24) is 0 Å². The summed E-state index contributed by atoms with van der Waals surface area (Å²) in [5, 5.41) is 3.38. The summed E-state index contributed by atoms with van der Waals surface area (Å²) in [4.78, 5) is 2.63. The standard InChI is InChI=1S/C11H13IN4O2S/c1-9(7-14-15-13)8-16(19(2,17)18)11-6-4-3-5-10(11)12/h3-6H,1,7-8H2,2H3. The van der Waals surface area contributed by atoms with Crippen LogP contribution in [-0.4, -0.2) is 27.8 Å². The maximum Gasteiger partial charge on any atom is 0.232 e. The normalized spacial score (nSPS) is 10.6. The van der Waals surface area contributed by atoms with Crippen molar-refractivity contribution < 1.29 is 8.42 Å². The highest BCUT2D eigenvalue weighted by Crippen LogP contribution is 2.25. The van der Waals surface area contributed by atoms with Gasteiger partial charge in [-0.25, -0.2) is 8.42 Å². The average molecular weight is 392 g/mol. The first kappa shape index (κ1) is 15.8. The van der Waals surface area contributed by atoms with Gasteiger partial charge in [-0.2, -0.15) is 0 Å². The maximum atomic E-state index is 11.9. The van der Waals surface area contributed by atoms with E-state index >= 15 is 0 Å². The minimum Gasteiger partial charge on any atom is -0.265 e. The van der Waals surface area contributed by atoms with Crippen LogP contribution in [0.15, 0.2) is 41.5 Å². The van der Waals surface area contributed by atoms with Gasteiger partial charge in [0.1, 0.15) is 0 Å². The minimum absolute atomic E-state index is 0.0753. The van der Waals surface area contributed by atoms with Crippen molar-refractivity contribution in [3.8, 4) is 0 Å². The lowest BCUT2D eigenvalue weighted by Crippen LogP contribution is -2.32. The third-order valence-electron chi connectivity index (χ3n) is 2.25. The van der Waals surface area contributed by atoms with Gasteiger partial charge in [-0.1, -0.05) is 29.4 Å². The third kappa shape index (κ3) is 4.73. The molecule has 19 heavy (non-hydrogen) atoms. The van der Waals surface area contributed by atoms with Crippen LogP contribution in [0.4, 0.5) is 5.69 Å². The summed E-state index contributed by atoms with van der Waals surface area (Å²) in [5.41, 5.74) is 9.38. The van der Waals surface area contributed by atoms with Gasteiger partial charge in [0, 0.05) is 15.0 Å². The summed E-state index contributed by atoms with van der Waals surface area (Å²) in [7, 11) is -3.43. The molecular formula is C11H13IN4O2S. The molecule has 0 aliphatic rings. The van der Waals surface area contributed by atoms with Crippen molar-refractivity contribution in [2.45, 2.75) is 0 Å². The predicted molar refractivity (Wildman–Crippen MR) is 84.5 cm³/mol. The van der Waals surface area contributed by atoms with E-state index in [-0.39, 0.29) is 13.1 Å². The summed E-state index contributed by atoms with van der Waals surface area (Å²) in [6, 6.07) is 7.15. The van der Waals surface area contributed by atoms with Crippen LogP contribution in [0.25, 0.3) is 10.4 Å². The zero-order valence-corrected chi connectivity index (χ0v) is 13.3. The third-order valence-corrected chi connectivity index (χ3v) is 4.28. The van der Waals surface area contributed by atoms with Crippen molar-refractivity contribution in [2.24, 2.45) is 5.11 Å². The van der Waals surface area contributed by atoms with Crippen LogP contribution in [0.2, 0.25) is 0 Å². The van der Waals surface area contributed by atoms with E-state index < -0.39 is 10.0 Å². The van der Waals surface area contributed by atoms with Crippen LogP contribution in [0, 0.1) is 3.57 Å². The Kier molecular flexibility index (Phi) is 5.64. The van der Waals surface area contributed by atoms with Gasteiger partial charge in [-0.15, -0.1) is 0 Å². The van der Waals surface area contributed by atoms with Crippen LogP contribution in [0.3, 0.4) is 0 Å². The van der Waals surface area contributed by atoms with Crippen molar-refractivity contribution in [3.63, 3.8) is 0 Å². The molecule has 8 heteroatoms. The number of hydrogen-bond acceptors (Lipinski definition) is 3. The molecule has 1 rings (SSSR count). The van der Waals surface area contributed by atoms with Crippen LogP contribution in [-0.2, 0) is 10.0 Å². The Bertz CT molecular complexity index is 623. The topological polar surface area (TPSA) is 86.1 Å². The van der Waals surface area contributed by atoms with Crippen molar-refractivity contribution in [3.05, 3.63) is 50.4 Å². The Morgan fingerprint density at radius 1 is 1.53 bits per heavy atom. The number of rotatable bonds is 6. The lowest BCUT2D eigenvalue weighted by molar-refractivity contribution is 0.598. The quantitative estimate of drug-likeness (QED) is 0.245. The summed E-state index contributed by atoms with van der Waals surface area (Å²) >= 11 is 2.07. The summed E-state index contributed by atoms with van der Waals surface area (Å²) in [6.07, 6.45) is 1.14. The largest absolute Gasteiger partial charge is 0.265 e. The molecule has 0 spiro atoms. The van der Waals surface area contributed by atoms with Gasteiger partial charge in [0.15, 0.2) is 0 Å². The number of para-hydroxylation sites is 1. The van der Waals surface area contributed by atoms with E-state index in [4.69, 9.17) is 5.53 Å². The molecule has 0 aliphatic heterocycles. The molecule has 0 unspecified atom stereocenters. The highest BCUT2D eigenvalue weighted by Gasteiger charge is 2.19. The monoisotopic (exact) mass is 392 g/mol. The van der Waals surface area contributed by atoms with Crippen LogP contribution >= 0.6 is 22.6 Å². The molecular weight excluding hydrogens is 379 g/mol. The number of hydrogen-bond donors (Lipinski definition) is 0. The average Bonchev–Trinajstić information content (AvgIpc) is 2.33. The Morgan fingerprint density at radius 3 is 2.68 bits per heavy atom. The smallest absolute Gasteiger partial charge is 0.232 e. The van der Waals surface area contributed by atoms with Gasteiger partial charge in [0.25, 0.3) is 0 Å². The van der Waals surface area contributed by atoms with E-state index in [1.165, 1.54) is 4.31 Å². The van der Waals surface area contributed by atoms with E-state index in [0.717, 1.165) is 9.83 Å². The van der Waals surface area contributed by atoms with Crippen molar-refractivity contribution >= 4 is 38.3 Å².